The third-order valence-electron chi connectivity index (χ3n) is 2.46. The van der Waals surface area contributed by atoms with Crippen molar-refractivity contribution in [2.75, 3.05) is 19.8 Å². The first-order valence-electron chi connectivity index (χ1n) is 5.36. The van der Waals surface area contributed by atoms with Crippen molar-refractivity contribution in [1.82, 2.24) is 0 Å². The van der Waals surface area contributed by atoms with Gasteiger partial charge in [0.15, 0.2) is 0 Å². The van der Waals surface area contributed by atoms with Crippen LogP contribution < -0.4 is 0 Å². The van der Waals surface area contributed by atoms with E-state index in [4.69, 9.17) is 5.11 Å². The maximum absolute atomic E-state index is 13.0. The second-order valence-corrected chi connectivity index (χ2v) is 4.13. The Morgan fingerprint density at radius 1 is 0.739 bits per heavy atom. The van der Waals surface area contributed by atoms with Gasteiger partial charge in [0.2, 0.25) is 0 Å². The van der Waals surface area contributed by atoms with Crippen molar-refractivity contribution in [3.63, 3.8) is 0 Å². The first-order valence-corrected chi connectivity index (χ1v) is 5.36. The fraction of sp³-hybridized carbons (Fsp3) is 1.00. The predicted octanol–water partition coefficient (Wildman–Crippen LogP) is 3.44. The quantitative estimate of drug-likeness (QED) is 0.494. The average Bonchev–Trinajstić information content (AvgIpc) is 2.37. The van der Waals surface area contributed by atoms with Crippen LogP contribution in [-0.4, -0.2) is 61.0 Å². The van der Waals surface area contributed by atoms with E-state index in [9.17, 15) is 52.7 Å². The minimum absolute atomic E-state index is 1.04. The molecule has 1 N–H and O–H groups in total. The van der Waals surface area contributed by atoms with Crippen LogP contribution in [0.25, 0.3) is 0 Å². The average molecular weight is 376 g/mol. The molecule has 0 aliphatic heterocycles. The van der Waals surface area contributed by atoms with Gasteiger partial charge in [-0.15, -0.1) is 0 Å². The van der Waals surface area contributed by atoms with Crippen LogP contribution in [0, 0.1) is 0 Å². The Bertz CT molecular complexity index is 394. The van der Waals surface area contributed by atoms with Gasteiger partial charge in [0.25, 0.3) is 0 Å². The van der Waals surface area contributed by atoms with Crippen LogP contribution in [0.5, 0.6) is 0 Å². The molecular weight excluding hydrogens is 368 g/mol. The van der Waals surface area contributed by atoms with Crippen molar-refractivity contribution in [3.05, 3.63) is 0 Å². The second kappa shape index (κ2) is 6.53. The van der Waals surface area contributed by atoms with Crippen LogP contribution >= 0.6 is 0 Å². The lowest BCUT2D eigenvalue weighted by molar-refractivity contribution is -0.415. The SMILES string of the molecule is OCCOCC(F)(F)C(F)(F)C(F)(F)C(F)(F)C(F)(F)C(F)F. The van der Waals surface area contributed by atoms with E-state index in [-0.39, 0.29) is 0 Å². The van der Waals surface area contributed by atoms with Gasteiger partial charge in [0.05, 0.1) is 13.2 Å². The Hall–Kier alpha value is -0.920. The summed E-state index contributed by atoms with van der Waals surface area (Å²) in [6.45, 7) is -4.80. The molecule has 14 heteroatoms. The summed E-state index contributed by atoms with van der Waals surface area (Å²) in [5.41, 5.74) is 0. The minimum atomic E-state index is -7.55. The van der Waals surface area contributed by atoms with E-state index in [1.165, 1.54) is 0 Å². The fourth-order valence-electron chi connectivity index (χ4n) is 1.13. The lowest BCUT2D eigenvalue weighted by atomic mass is 9.94. The molecule has 0 heterocycles. The highest BCUT2D eigenvalue weighted by Gasteiger charge is 2.87. The summed E-state index contributed by atoms with van der Waals surface area (Å²) in [5.74, 6) is -35.4. The molecule has 0 rings (SSSR count). The molecule has 23 heavy (non-hydrogen) atoms. The van der Waals surface area contributed by atoms with E-state index in [2.05, 4.69) is 4.74 Å². The molecule has 0 bridgehead atoms. The summed E-state index contributed by atoms with van der Waals surface area (Å²) in [4.78, 5) is 0. The molecule has 0 aliphatic carbocycles. The Kier molecular flexibility index (Phi) is 6.27. The van der Waals surface area contributed by atoms with Gasteiger partial charge in [-0.2, -0.15) is 43.9 Å². The van der Waals surface area contributed by atoms with Gasteiger partial charge in [-0.05, 0) is 0 Å². The molecular formula is C9H8F12O2. The zero-order valence-electron chi connectivity index (χ0n) is 10.6. The topological polar surface area (TPSA) is 29.5 Å². The fourth-order valence-corrected chi connectivity index (χ4v) is 1.13. The smallest absolute Gasteiger partial charge is 0.384 e. The molecule has 0 atom stereocenters. The number of alkyl halides is 12. The van der Waals surface area contributed by atoms with Gasteiger partial charge in [-0.1, -0.05) is 0 Å². The van der Waals surface area contributed by atoms with Gasteiger partial charge >= 0.3 is 36.0 Å². The third kappa shape index (κ3) is 3.46. The highest BCUT2D eigenvalue weighted by molar-refractivity contribution is 5.09. The molecule has 0 unspecified atom stereocenters. The van der Waals surface area contributed by atoms with Crippen molar-refractivity contribution >= 4 is 0 Å². The van der Waals surface area contributed by atoms with Crippen molar-refractivity contribution in [1.29, 1.82) is 0 Å². The lowest BCUT2D eigenvalue weighted by Gasteiger charge is -2.39. The zero-order chi connectivity index (χ0) is 18.9. The largest absolute Gasteiger partial charge is 0.394 e. The molecule has 0 spiro atoms. The van der Waals surface area contributed by atoms with Crippen LogP contribution in [-0.2, 0) is 4.74 Å². The summed E-state index contributed by atoms with van der Waals surface area (Å²) in [5, 5.41) is 8.11. The monoisotopic (exact) mass is 376 g/mol. The Morgan fingerprint density at radius 2 is 1.17 bits per heavy atom. The van der Waals surface area contributed by atoms with Gasteiger partial charge < -0.3 is 9.84 Å². The maximum Gasteiger partial charge on any atom is 0.384 e. The number of aliphatic hydroxyl groups is 1. The molecule has 0 aromatic heterocycles. The van der Waals surface area contributed by atoms with Gasteiger partial charge in [-0.3, -0.25) is 0 Å². The molecule has 2 nitrogen and oxygen atoms in total. The van der Waals surface area contributed by atoms with Crippen molar-refractivity contribution in [2.24, 2.45) is 0 Å². The number of hydrogen-bond acceptors (Lipinski definition) is 2. The molecule has 0 aromatic carbocycles. The van der Waals surface area contributed by atoms with Crippen molar-refractivity contribution < 1.29 is 62.5 Å². The van der Waals surface area contributed by atoms with Crippen LogP contribution in [0.1, 0.15) is 0 Å². The first kappa shape index (κ1) is 22.1. The number of halogens is 12. The van der Waals surface area contributed by atoms with E-state index in [1.807, 2.05) is 0 Å². The van der Waals surface area contributed by atoms with Gasteiger partial charge in [0, 0.05) is 0 Å². The Morgan fingerprint density at radius 3 is 1.52 bits per heavy atom. The maximum atomic E-state index is 13.0. The van der Waals surface area contributed by atoms with E-state index in [0.29, 0.717) is 0 Å². The molecule has 0 fully saturated rings. The highest BCUT2D eigenvalue weighted by atomic mass is 19.4. The number of ether oxygens (including phenoxy) is 1. The van der Waals surface area contributed by atoms with E-state index in [1.54, 1.807) is 0 Å². The summed E-state index contributed by atoms with van der Waals surface area (Å²) >= 11 is 0. The van der Waals surface area contributed by atoms with Crippen LogP contribution in [0.4, 0.5) is 52.7 Å². The Labute approximate surface area is 120 Å². The van der Waals surface area contributed by atoms with Gasteiger partial charge in [-0.25, -0.2) is 8.78 Å². The summed E-state index contributed by atoms with van der Waals surface area (Å²) in [7, 11) is 0. The second-order valence-electron chi connectivity index (χ2n) is 4.13. The predicted molar refractivity (Wildman–Crippen MR) is 48.6 cm³/mol. The third-order valence-corrected chi connectivity index (χ3v) is 2.46. The van der Waals surface area contributed by atoms with Crippen LogP contribution in [0.15, 0.2) is 0 Å². The number of hydrogen-bond donors (Lipinski definition) is 1. The standard InChI is InChI=1S/C9H8F12O2/c10-4(11)6(14,15)8(18,19)9(20,21)7(16,17)5(12,13)3-23-2-1-22/h4,22H,1-3H2. The molecule has 0 saturated carbocycles. The first-order chi connectivity index (χ1) is 10.0. The van der Waals surface area contributed by atoms with Crippen molar-refractivity contribution in [2.45, 2.75) is 36.0 Å². The lowest BCUT2D eigenvalue weighted by Crippen LogP contribution is -2.69. The zero-order valence-corrected chi connectivity index (χ0v) is 10.6. The molecule has 0 saturated heterocycles. The molecule has 140 valence electrons. The van der Waals surface area contributed by atoms with Crippen LogP contribution in [0.3, 0.4) is 0 Å². The van der Waals surface area contributed by atoms with E-state index in [0.717, 1.165) is 0 Å². The normalized spacial score (nSPS) is 15.4. The minimum Gasteiger partial charge on any atom is -0.394 e. The molecule has 0 radical (unpaired) electrons. The number of aliphatic hydroxyl groups excluding tert-OH is 1. The highest BCUT2D eigenvalue weighted by Crippen LogP contribution is 2.58. The summed E-state index contributed by atoms with van der Waals surface area (Å²) in [6.07, 6.45) is -5.53. The van der Waals surface area contributed by atoms with Crippen LogP contribution in [0.2, 0.25) is 0 Å². The molecule has 0 amide bonds. The Balaban J connectivity index is 5.77. The van der Waals surface area contributed by atoms with Gasteiger partial charge in [0.1, 0.15) is 6.61 Å². The van der Waals surface area contributed by atoms with Crippen molar-refractivity contribution in [3.8, 4) is 0 Å². The number of rotatable bonds is 9. The summed E-state index contributed by atoms with van der Waals surface area (Å²) in [6, 6.07) is 0. The van der Waals surface area contributed by atoms with E-state index < -0.39 is 55.9 Å². The molecule has 0 aliphatic rings. The molecule has 0 aromatic rings. The van der Waals surface area contributed by atoms with E-state index >= 15 is 0 Å². The summed E-state index contributed by atoms with van der Waals surface area (Å²) < 4.78 is 155.